The molecule has 0 amide bonds. The second kappa shape index (κ2) is 10.5. The van der Waals surface area contributed by atoms with E-state index in [0.717, 1.165) is 30.6 Å². The fourth-order valence-corrected chi connectivity index (χ4v) is 5.53. The molecule has 0 atom stereocenters. The summed E-state index contributed by atoms with van der Waals surface area (Å²) in [5.74, 6) is 2.39. The van der Waals surface area contributed by atoms with Crippen molar-refractivity contribution >= 4 is 6.16 Å². The summed E-state index contributed by atoms with van der Waals surface area (Å²) in [5, 5.41) is 0. The Bertz CT molecular complexity index is 620. The van der Waals surface area contributed by atoms with E-state index in [4.69, 9.17) is 4.74 Å². The summed E-state index contributed by atoms with van der Waals surface area (Å²) in [6.07, 6.45) is 14.3. The number of rotatable bonds is 7. The van der Waals surface area contributed by atoms with Crippen LogP contribution in [0.25, 0.3) is 0 Å². The Labute approximate surface area is 177 Å². The number of unbranched alkanes of at least 4 members (excludes halogenated alkanes) is 2. The SMILES string of the molecule is CCCCCc1ccc(C2CCC(C3CCC(C)(OC(=O)OC)CC3)CC2)cc1. The average molecular weight is 401 g/mol. The molecule has 0 bridgehead atoms. The largest absolute Gasteiger partial charge is 0.508 e. The molecular weight excluding hydrogens is 360 g/mol. The predicted molar refractivity (Wildman–Crippen MR) is 118 cm³/mol. The van der Waals surface area contributed by atoms with Crippen molar-refractivity contribution in [1.29, 1.82) is 0 Å². The number of carbonyl (C=O) groups is 1. The molecule has 3 heteroatoms. The van der Waals surface area contributed by atoms with Gasteiger partial charge in [0.2, 0.25) is 0 Å². The first-order valence-corrected chi connectivity index (χ1v) is 11.9. The summed E-state index contributed by atoms with van der Waals surface area (Å²) in [6.45, 7) is 4.32. The second-order valence-electron chi connectivity index (χ2n) is 9.65. The number of methoxy groups -OCH3 is 1. The third-order valence-electron chi connectivity index (χ3n) is 7.54. The molecule has 0 heterocycles. The summed E-state index contributed by atoms with van der Waals surface area (Å²) in [5.41, 5.74) is 2.71. The van der Waals surface area contributed by atoms with Gasteiger partial charge in [0.1, 0.15) is 5.60 Å². The van der Waals surface area contributed by atoms with Crippen molar-refractivity contribution in [3.63, 3.8) is 0 Å². The zero-order chi connectivity index (χ0) is 20.7. The van der Waals surface area contributed by atoms with Crippen LogP contribution >= 0.6 is 0 Å². The van der Waals surface area contributed by atoms with Crippen LogP contribution in [0.4, 0.5) is 4.79 Å². The Morgan fingerprint density at radius 1 is 0.966 bits per heavy atom. The summed E-state index contributed by atoms with van der Waals surface area (Å²) in [7, 11) is 1.38. The van der Waals surface area contributed by atoms with Gasteiger partial charge in [-0.05, 0) is 100 Å². The Balaban J connectivity index is 1.43. The molecule has 1 aromatic carbocycles. The van der Waals surface area contributed by atoms with Gasteiger partial charge in [-0.25, -0.2) is 4.79 Å². The maximum Gasteiger partial charge on any atom is 0.508 e. The molecule has 3 rings (SSSR count). The Morgan fingerprint density at radius 2 is 1.59 bits per heavy atom. The fourth-order valence-electron chi connectivity index (χ4n) is 5.53. The van der Waals surface area contributed by atoms with Crippen molar-refractivity contribution in [2.24, 2.45) is 11.8 Å². The van der Waals surface area contributed by atoms with Crippen LogP contribution in [0.2, 0.25) is 0 Å². The molecule has 0 aromatic heterocycles. The van der Waals surface area contributed by atoms with Crippen LogP contribution in [0.5, 0.6) is 0 Å². The molecule has 0 spiro atoms. The number of ether oxygens (including phenoxy) is 2. The molecule has 2 saturated carbocycles. The molecular formula is C26H40O3. The highest BCUT2D eigenvalue weighted by Crippen LogP contribution is 2.45. The van der Waals surface area contributed by atoms with Crippen molar-refractivity contribution in [1.82, 2.24) is 0 Å². The zero-order valence-electron chi connectivity index (χ0n) is 18.8. The molecule has 0 unspecified atom stereocenters. The lowest BCUT2D eigenvalue weighted by Crippen LogP contribution is -2.38. The molecule has 162 valence electrons. The van der Waals surface area contributed by atoms with E-state index in [0.29, 0.717) is 0 Å². The van der Waals surface area contributed by atoms with Crippen LogP contribution in [0.1, 0.15) is 102 Å². The lowest BCUT2D eigenvalue weighted by Gasteiger charge is -2.41. The molecule has 2 aliphatic carbocycles. The van der Waals surface area contributed by atoms with E-state index in [1.165, 1.54) is 76.9 Å². The van der Waals surface area contributed by atoms with Gasteiger partial charge >= 0.3 is 6.16 Å². The molecule has 2 fully saturated rings. The van der Waals surface area contributed by atoms with Gasteiger partial charge in [0.25, 0.3) is 0 Å². The summed E-state index contributed by atoms with van der Waals surface area (Å²) in [4.78, 5) is 11.5. The third-order valence-corrected chi connectivity index (χ3v) is 7.54. The van der Waals surface area contributed by atoms with E-state index in [1.807, 2.05) is 0 Å². The van der Waals surface area contributed by atoms with E-state index < -0.39 is 6.16 Å². The van der Waals surface area contributed by atoms with E-state index >= 15 is 0 Å². The van der Waals surface area contributed by atoms with E-state index in [2.05, 4.69) is 42.8 Å². The smallest absolute Gasteiger partial charge is 0.438 e. The minimum atomic E-state index is -0.539. The van der Waals surface area contributed by atoms with Crippen LogP contribution in [-0.4, -0.2) is 18.9 Å². The minimum Gasteiger partial charge on any atom is -0.438 e. The van der Waals surface area contributed by atoms with Gasteiger partial charge in [-0.1, -0.05) is 44.0 Å². The normalized spacial score (nSPS) is 30.0. The molecule has 3 nitrogen and oxygen atoms in total. The minimum absolute atomic E-state index is 0.334. The fraction of sp³-hybridized carbons (Fsp3) is 0.731. The van der Waals surface area contributed by atoms with Crippen molar-refractivity contribution in [3.05, 3.63) is 35.4 Å². The third kappa shape index (κ3) is 6.23. The van der Waals surface area contributed by atoms with E-state index in [9.17, 15) is 4.79 Å². The number of benzene rings is 1. The molecule has 0 aliphatic heterocycles. The number of carbonyl (C=O) groups excluding carboxylic acids is 1. The van der Waals surface area contributed by atoms with Crippen LogP contribution < -0.4 is 0 Å². The first kappa shape index (κ1) is 22.2. The first-order chi connectivity index (χ1) is 14.0. The molecule has 0 radical (unpaired) electrons. The van der Waals surface area contributed by atoms with Gasteiger partial charge in [-0.3, -0.25) is 0 Å². The molecule has 1 aromatic rings. The molecule has 0 saturated heterocycles. The summed E-state index contributed by atoms with van der Waals surface area (Å²) in [6, 6.07) is 9.51. The maximum absolute atomic E-state index is 11.5. The Hall–Kier alpha value is -1.51. The van der Waals surface area contributed by atoms with Crippen molar-refractivity contribution < 1.29 is 14.3 Å². The van der Waals surface area contributed by atoms with Crippen LogP contribution in [0.3, 0.4) is 0 Å². The maximum atomic E-state index is 11.5. The second-order valence-corrected chi connectivity index (χ2v) is 9.65. The molecule has 0 N–H and O–H groups in total. The van der Waals surface area contributed by atoms with Crippen LogP contribution in [-0.2, 0) is 15.9 Å². The Morgan fingerprint density at radius 3 is 2.17 bits per heavy atom. The first-order valence-electron chi connectivity index (χ1n) is 11.9. The van der Waals surface area contributed by atoms with Crippen molar-refractivity contribution in [2.75, 3.05) is 7.11 Å². The number of aryl methyl sites for hydroxylation is 1. The average Bonchev–Trinajstić information content (AvgIpc) is 2.75. The van der Waals surface area contributed by atoms with Gasteiger partial charge in [-0.15, -0.1) is 0 Å². The predicted octanol–water partition coefficient (Wildman–Crippen LogP) is 7.43. The highest BCUT2D eigenvalue weighted by Gasteiger charge is 2.38. The van der Waals surface area contributed by atoms with Gasteiger partial charge < -0.3 is 9.47 Å². The lowest BCUT2D eigenvalue weighted by molar-refractivity contribution is -0.0502. The topological polar surface area (TPSA) is 35.5 Å². The highest BCUT2D eigenvalue weighted by atomic mass is 16.7. The summed E-state index contributed by atoms with van der Waals surface area (Å²) >= 11 is 0. The van der Waals surface area contributed by atoms with Crippen molar-refractivity contribution in [2.45, 2.75) is 102 Å². The quantitative estimate of drug-likeness (QED) is 0.353. The van der Waals surface area contributed by atoms with Crippen molar-refractivity contribution in [3.8, 4) is 0 Å². The Kier molecular flexibility index (Phi) is 8.03. The van der Waals surface area contributed by atoms with Gasteiger partial charge in [-0.2, -0.15) is 0 Å². The standard InChI is InChI=1S/C26H40O3/c1-4-5-6-7-20-8-10-21(11-9-20)22-12-14-23(15-13-22)24-16-18-26(2,19-17-24)29-25(27)28-3/h8-11,22-24H,4-7,12-19H2,1-3H3. The number of hydrogen-bond acceptors (Lipinski definition) is 3. The van der Waals surface area contributed by atoms with E-state index in [-0.39, 0.29) is 5.60 Å². The van der Waals surface area contributed by atoms with Gasteiger partial charge in [0, 0.05) is 0 Å². The highest BCUT2D eigenvalue weighted by molar-refractivity contribution is 5.60. The summed E-state index contributed by atoms with van der Waals surface area (Å²) < 4.78 is 10.2. The number of hydrogen-bond donors (Lipinski definition) is 0. The monoisotopic (exact) mass is 400 g/mol. The lowest BCUT2D eigenvalue weighted by atomic mass is 9.67. The van der Waals surface area contributed by atoms with Gasteiger partial charge in [0.05, 0.1) is 7.11 Å². The van der Waals surface area contributed by atoms with Crippen LogP contribution in [0, 0.1) is 11.8 Å². The molecule has 29 heavy (non-hydrogen) atoms. The molecule has 2 aliphatic rings. The van der Waals surface area contributed by atoms with E-state index in [1.54, 1.807) is 5.56 Å². The van der Waals surface area contributed by atoms with Crippen LogP contribution in [0.15, 0.2) is 24.3 Å². The van der Waals surface area contributed by atoms with Gasteiger partial charge in [0.15, 0.2) is 0 Å². The zero-order valence-corrected chi connectivity index (χ0v) is 18.8.